The zero-order valence-corrected chi connectivity index (χ0v) is 5.78. The quantitative estimate of drug-likeness (QED) is 0.527. The highest BCUT2D eigenvalue weighted by atomic mass is 15.5. The number of allylic oxidation sites excluding steroid dienone is 1. The van der Waals surface area contributed by atoms with Gasteiger partial charge in [-0.25, -0.2) is 5.01 Å². The van der Waals surface area contributed by atoms with Gasteiger partial charge in [0.2, 0.25) is 0 Å². The lowest BCUT2D eigenvalue weighted by atomic mass is 10.2. The van der Waals surface area contributed by atoms with Crippen molar-refractivity contribution in [2.45, 2.75) is 13.1 Å². The average molecular weight is 135 g/mol. The molecule has 3 heteroatoms. The third kappa shape index (κ3) is 0.708. The second-order valence-electron chi connectivity index (χ2n) is 2.46. The van der Waals surface area contributed by atoms with Crippen molar-refractivity contribution < 1.29 is 0 Å². The van der Waals surface area contributed by atoms with Crippen molar-refractivity contribution in [1.82, 2.24) is 10.3 Å². The van der Waals surface area contributed by atoms with Crippen molar-refractivity contribution in [2.75, 3.05) is 0 Å². The topological polar surface area (TPSA) is 27.6 Å². The maximum absolute atomic E-state index is 4.16. The van der Waals surface area contributed by atoms with Crippen LogP contribution in [-0.2, 0) is 0 Å². The van der Waals surface area contributed by atoms with Crippen LogP contribution in [0.15, 0.2) is 29.2 Å². The number of hydrazone groups is 1. The molecule has 0 saturated carbocycles. The van der Waals surface area contributed by atoms with Gasteiger partial charge in [-0.05, 0) is 18.6 Å². The Bertz CT molecular complexity index is 227. The molecule has 10 heavy (non-hydrogen) atoms. The summed E-state index contributed by atoms with van der Waals surface area (Å²) in [7, 11) is 0. The molecule has 0 bridgehead atoms. The van der Waals surface area contributed by atoms with Gasteiger partial charge in [-0.2, -0.15) is 5.10 Å². The number of hydrogen-bond acceptors (Lipinski definition) is 3. The van der Waals surface area contributed by atoms with Gasteiger partial charge in [-0.15, -0.1) is 0 Å². The smallest absolute Gasteiger partial charge is 0.139 e. The lowest BCUT2D eigenvalue weighted by molar-refractivity contribution is 0.339. The van der Waals surface area contributed by atoms with Crippen molar-refractivity contribution in [2.24, 2.45) is 5.10 Å². The predicted octanol–water partition coefficient (Wildman–Crippen LogP) is 0.635. The molecule has 0 spiro atoms. The van der Waals surface area contributed by atoms with Crippen LogP contribution in [0.2, 0.25) is 0 Å². The molecule has 0 saturated heterocycles. The molecule has 2 aliphatic heterocycles. The molecule has 0 radical (unpaired) electrons. The molecule has 0 amide bonds. The molecule has 0 aromatic heterocycles. The molecule has 0 fully saturated rings. The van der Waals surface area contributed by atoms with E-state index in [1.807, 2.05) is 30.5 Å². The summed E-state index contributed by atoms with van der Waals surface area (Å²) in [6.07, 6.45) is 8.06. The van der Waals surface area contributed by atoms with E-state index >= 15 is 0 Å². The molecular formula is C7H9N3. The van der Waals surface area contributed by atoms with Crippen LogP contribution < -0.4 is 5.32 Å². The predicted molar refractivity (Wildman–Crippen MR) is 40.2 cm³/mol. The van der Waals surface area contributed by atoms with Crippen molar-refractivity contribution in [3.8, 4) is 0 Å². The fraction of sp³-hybridized carbons (Fsp3) is 0.286. The van der Waals surface area contributed by atoms with Gasteiger partial charge in [0.25, 0.3) is 0 Å². The minimum absolute atomic E-state index is 0.255. The van der Waals surface area contributed by atoms with Gasteiger partial charge in [0.05, 0.1) is 6.21 Å². The van der Waals surface area contributed by atoms with E-state index in [-0.39, 0.29) is 6.17 Å². The highest BCUT2D eigenvalue weighted by Gasteiger charge is 2.16. The number of fused-ring (bicyclic) bond motifs is 1. The first-order chi connectivity index (χ1) is 4.86. The summed E-state index contributed by atoms with van der Waals surface area (Å²) in [5.41, 5.74) is 1.21. The fourth-order valence-corrected chi connectivity index (χ4v) is 1.07. The third-order valence-electron chi connectivity index (χ3n) is 1.59. The first-order valence-corrected chi connectivity index (χ1v) is 3.30. The lowest BCUT2D eigenvalue weighted by Gasteiger charge is -2.20. The molecule has 1 unspecified atom stereocenters. The first-order valence-electron chi connectivity index (χ1n) is 3.30. The highest BCUT2D eigenvalue weighted by Crippen LogP contribution is 2.11. The van der Waals surface area contributed by atoms with Crippen molar-refractivity contribution in [1.29, 1.82) is 0 Å². The molecule has 2 aliphatic rings. The molecule has 2 heterocycles. The molecular weight excluding hydrogens is 126 g/mol. The van der Waals surface area contributed by atoms with Crippen LogP contribution >= 0.6 is 0 Å². The fourth-order valence-electron chi connectivity index (χ4n) is 1.07. The van der Waals surface area contributed by atoms with E-state index in [0.29, 0.717) is 0 Å². The lowest BCUT2D eigenvalue weighted by Crippen LogP contribution is -2.32. The summed E-state index contributed by atoms with van der Waals surface area (Å²) in [4.78, 5) is 0. The van der Waals surface area contributed by atoms with E-state index in [0.717, 1.165) is 0 Å². The number of hydrogen-bond donors (Lipinski definition) is 1. The molecule has 0 aliphatic carbocycles. The Morgan fingerprint density at radius 2 is 2.60 bits per heavy atom. The Morgan fingerprint density at radius 3 is 3.50 bits per heavy atom. The van der Waals surface area contributed by atoms with Crippen LogP contribution in [0, 0.1) is 0 Å². The molecule has 3 nitrogen and oxygen atoms in total. The van der Waals surface area contributed by atoms with Crippen LogP contribution in [0.4, 0.5) is 0 Å². The van der Waals surface area contributed by atoms with E-state index in [4.69, 9.17) is 0 Å². The van der Waals surface area contributed by atoms with Crippen molar-refractivity contribution in [3.63, 3.8) is 0 Å². The minimum atomic E-state index is 0.255. The molecule has 1 N–H and O–H groups in total. The Kier molecular flexibility index (Phi) is 1.03. The van der Waals surface area contributed by atoms with Gasteiger partial charge in [-0.1, -0.05) is 0 Å². The van der Waals surface area contributed by atoms with Gasteiger partial charge in [0, 0.05) is 12.4 Å². The monoisotopic (exact) mass is 135 g/mol. The Balaban J connectivity index is 2.25. The molecule has 0 aromatic carbocycles. The van der Waals surface area contributed by atoms with Gasteiger partial charge >= 0.3 is 0 Å². The zero-order chi connectivity index (χ0) is 6.97. The van der Waals surface area contributed by atoms with Crippen LogP contribution in [0.3, 0.4) is 0 Å². The Morgan fingerprint density at radius 1 is 1.70 bits per heavy atom. The third-order valence-corrected chi connectivity index (χ3v) is 1.59. The number of nitrogens with one attached hydrogen (secondary N) is 1. The van der Waals surface area contributed by atoms with Gasteiger partial charge in [0.1, 0.15) is 6.17 Å². The van der Waals surface area contributed by atoms with E-state index in [1.54, 1.807) is 0 Å². The number of rotatable bonds is 0. The summed E-state index contributed by atoms with van der Waals surface area (Å²) in [5, 5.41) is 9.19. The van der Waals surface area contributed by atoms with E-state index < -0.39 is 0 Å². The van der Waals surface area contributed by atoms with E-state index in [2.05, 4.69) is 16.5 Å². The van der Waals surface area contributed by atoms with Crippen LogP contribution in [0.1, 0.15) is 6.92 Å². The van der Waals surface area contributed by atoms with Crippen LogP contribution in [-0.4, -0.2) is 17.4 Å². The summed E-state index contributed by atoms with van der Waals surface area (Å²) in [5.74, 6) is 0. The van der Waals surface area contributed by atoms with Gasteiger partial charge < -0.3 is 5.32 Å². The molecule has 2 rings (SSSR count). The van der Waals surface area contributed by atoms with Crippen LogP contribution in [0.5, 0.6) is 0 Å². The summed E-state index contributed by atoms with van der Waals surface area (Å²) >= 11 is 0. The Labute approximate surface area is 59.7 Å². The minimum Gasteiger partial charge on any atom is -0.365 e. The van der Waals surface area contributed by atoms with Crippen LogP contribution in [0.25, 0.3) is 0 Å². The summed E-state index contributed by atoms with van der Waals surface area (Å²) < 4.78 is 0. The second-order valence-corrected chi connectivity index (χ2v) is 2.46. The standard InChI is InChI=1S/C7H9N3/c1-6-4-7-8-2-3-10(7)9-5-6/h2-5,7-8H,1H3. The molecule has 1 atom stereocenters. The van der Waals surface area contributed by atoms with E-state index in [9.17, 15) is 0 Å². The second kappa shape index (κ2) is 1.87. The summed E-state index contributed by atoms with van der Waals surface area (Å²) in [6.45, 7) is 2.04. The summed E-state index contributed by atoms with van der Waals surface area (Å²) in [6, 6.07) is 0. The largest absolute Gasteiger partial charge is 0.365 e. The molecule has 52 valence electrons. The van der Waals surface area contributed by atoms with E-state index in [1.165, 1.54) is 5.57 Å². The highest BCUT2D eigenvalue weighted by molar-refractivity contribution is 5.78. The van der Waals surface area contributed by atoms with Gasteiger partial charge in [-0.3, -0.25) is 0 Å². The first kappa shape index (κ1) is 5.53. The van der Waals surface area contributed by atoms with Crippen molar-refractivity contribution in [3.05, 3.63) is 24.0 Å². The maximum Gasteiger partial charge on any atom is 0.139 e. The SMILES string of the molecule is CC1=CC2NC=CN2N=C1. The maximum atomic E-state index is 4.16. The van der Waals surface area contributed by atoms with Crippen molar-refractivity contribution >= 4 is 6.21 Å². The zero-order valence-electron chi connectivity index (χ0n) is 5.78. The number of nitrogens with zero attached hydrogens (tertiary/aromatic N) is 2. The van der Waals surface area contributed by atoms with Gasteiger partial charge in [0.15, 0.2) is 0 Å². The Hall–Kier alpha value is -1.25. The average Bonchev–Trinajstić information content (AvgIpc) is 2.33. The molecule has 0 aromatic rings. The normalized spacial score (nSPS) is 27.9.